The van der Waals surface area contributed by atoms with Gasteiger partial charge in [-0.3, -0.25) is 9.67 Å². The van der Waals surface area contributed by atoms with E-state index in [4.69, 9.17) is 5.10 Å². The Morgan fingerprint density at radius 2 is 1.62 bits per heavy atom. The Morgan fingerprint density at radius 3 is 2.46 bits per heavy atom. The Hall–Kier alpha value is -3.01. The van der Waals surface area contributed by atoms with E-state index in [2.05, 4.69) is 46.4 Å². The molecule has 0 bridgehead atoms. The monoisotopic (exact) mass is 314 g/mol. The average Bonchev–Trinajstić information content (AvgIpc) is 2.97. The number of aryl methyl sites for hydroxylation is 2. The molecule has 0 amide bonds. The minimum Gasteiger partial charge on any atom is -0.260 e. The Bertz CT molecular complexity index is 1000. The summed E-state index contributed by atoms with van der Waals surface area (Å²) in [6.07, 6.45) is 1.79. The van der Waals surface area contributed by atoms with Crippen LogP contribution in [0.1, 0.15) is 17.0 Å². The van der Waals surface area contributed by atoms with Crippen molar-refractivity contribution < 1.29 is 0 Å². The first-order valence-corrected chi connectivity index (χ1v) is 8.02. The zero-order chi connectivity index (χ0) is 16.5. The van der Waals surface area contributed by atoms with E-state index in [0.717, 1.165) is 40.2 Å². The predicted octanol–water partition coefficient (Wildman–Crippen LogP) is 4.16. The molecule has 4 rings (SSSR count). The second-order valence-corrected chi connectivity index (χ2v) is 5.95. The minimum absolute atomic E-state index is 0.736. The van der Waals surface area contributed by atoms with Crippen LogP contribution >= 0.6 is 0 Å². The van der Waals surface area contributed by atoms with Crippen LogP contribution in [0.15, 0.2) is 60.8 Å². The number of hydrogen-bond donors (Lipinski definition) is 0. The lowest BCUT2D eigenvalue weighted by Crippen LogP contribution is -2.02. The van der Waals surface area contributed by atoms with Gasteiger partial charge < -0.3 is 0 Å². The minimum atomic E-state index is 0.736. The average molecular weight is 314 g/mol. The highest BCUT2D eigenvalue weighted by Crippen LogP contribution is 2.28. The number of benzene rings is 2. The summed E-state index contributed by atoms with van der Waals surface area (Å²) in [7, 11) is 0. The van der Waals surface area contributed by atoms with Gasteiger partial charge in [-0.1, -0.05) is 48.5 Å². The van der Waals surface area contributed by atoms with Crippen molar-refractivity contribution in [3.63, 3.8) is 0 Å². The largest absolute Gasteiger partial charge is 0.260 e. The first-order chi connectivity index (χ1) is 11.7. The molecule has 0 spiro atoms. The maximum Gasteiger partial charge on any atom is 0.120 e. The molecule has 4 aromatic rings. The van der Waals surface area contributed by atoms with Gasteiger partial charge in [0.1, 0.15) is 11.4 Å². The van der Waals surface area contributed by atoms with Crippen molar-refractivity contribution >= 4 is 10.9 Å². The molecule has 0 aliphatic rings. The Kier molecular flexibility index (Phi) is 3.58. The molecule has 2 heterocycles. The van der Waals surface area contributed by atoms with Crippen molar-refractivity contribution in [3.8, 4) is 11.4 Å². The van der Waals surface area contributed by atoms with Crippen LogP contribution in [-0.2, 0) is 6.54 Å². The third kappa shape index (κ3) is 2.56. The van der Waals surface area contributed by atoms with E-state index in [1.54, 1.807) is 6.20 Å². The molecule has 2 aromatic carbocycles. The van der Waals surface area contributed by atoms with Crippen molar-refractivity contribution in [2.75, 3.05) is 0 Å². The maximum absolute atomic E-state index is 4.87. The molecule has 0 saturated heterocycles. The third-order valence-corrected chi connectivity index (χ3v) is 4.13. The smallest absolute Gasteiger partial charge is 0.120 e. The lowest BCUT2D eigenvalue weighted by Gasteiger charge is -2.04. The van der Waals surface area contributed by atoms with Crippen molar-refractivity contribution in [2.45, 2.75) is 20.4 Å². The summed E-state index contributed by atoms with van der Waals surface area (Å²) in [4.78, 5) is 9.12. The summed E-state index contributed by atoms with van der Waals surface area (Å²) >= 11 is 0. The van der Waals surface area contributed by atoms with E-state index in [1.165, 1.54) is 5.56 Å². The first kappa shape index (κ1) is 14.6. The molecule has 0 N–H and O–H groups in total. The zero-order valence-electron chi connectivity index (χ0n) is 13.8. The highest BCUT2D eigenvalue weighted by molar-refractivity contribution is 5.92. The van der Waals surface area contributed by atoms with E-state index < -0.39 is 0 Å². The highest BCUT2D eigenvalue weighted by Gasteiger charge is 2.16. The summed E-state index contributed by atoms with van der Waals surface area (Å²) in [5, 5.41) is 5.98. The summed E-state index contributed by atoms with van der Waals surface area (Å²) in [5.74, 6) is 0. The number of nitrogens with zero attached hydrogens (tertiary/aromatic N) is 4. The van der Waals surface area contributed by atoms with Crippen molar-refractivity contribution in [1.82, 2.24) is 19.7 Å². The molecule has 0 aliphatic carbocycles. The molecule has 4 heteroatoms. The number of hydrogen-bond acceptors (Lipinski definition) is 3. The lowest BCUT2D eigenvalue weighted by molar-refractivity contribution is 0.714. The Balaban J connectivity index is 1.90. The van der Waals surface area contributed by atoms with Crippen LogP contribution in [0.2, 0.25) is 0 Å². The summed E-state index contributed by atoms with van der Waals surface area (Å²) in [5.41, 5.74) is 5.89. The lowest BCUT2D eigenvalue weighted by atomic mass is 10.1. The molecule has 0 aliphatic heterocycles. The standard InChI is InChI=1S/C20H18N4/c1-14-12-21-15(2)19(22-14)20-17-10-6-7-11-18(17)24(23-20)13-16-8-4-3-5-9-16/h3-12H,13H2,1-2H3. The van der Waals surface area contributed by atoms with Crippen LogP contribution in [0, 0.1) is 13.8 Å². The second kappa shape index (κ2) is 5.89. The number of rotatable bonds is 3. The Labute approximate surface area is 140 Å². The molecule has 0 radical (unpaired) electrons. The van der Waals surface area contributed by atoms with Crippen LogP contribution in [0.25, 0.3) is 22.3 Å². The fourth-order valence-corrected chi connectivity index (χ4v) is 2.94. The molecule has 4 nitrogen and oxygen atoms in total. The third-order valence-electron chi connectivity index (χ3n) is 4.13. The fourth-order valence-electron chi connectivity index (χ4n) is 2.94. The summed E-state index contributed by atoms with van der Waals surface area (Å²) in [6.45, 7) is 4.67. The van der Waals surface area contributed by atoms with Gasteiger partial charge in [-0.25, -0.2) is 4.98 Å². The maximum atomic E-state index is 4.87. The van der Waals surface area contributed by atoms with Crippen LogP contribution in [0.5, 0.6) is 0 Å². The topological polar surface area (TPSA) is 43.6 Å². The summed E-state index contributed by atoms with van der Waals surface area (Å²) < 4.78 is 2.05. The van der Waals surface area contributed by atoms with E-state index in [0.29, 0.717) is 0 Å². The second-order valence-electron chi connectivity index (χ2n) is 5.95. The van der Waals surface area contributed by atoms with Gasteiger partial charge in [-0.2, -0.15) is 5.10 Å². The van der Waals surface area contributed by atoms with Gasteiger partial charge in [0.15, 0.2) is 0 Å². The van der Waals surface area contributed by atoms with Crippen molar-refractivity contribution in [3.05, 3.63) is 77.7 Å². The van der Waals surface area contributed by atoms with Crippen LogP contribution < -0.4 is 0 Å². The molecular formula is C20H18N4. The molecule has 2 aromatic heterocycles. The number of fused-ring (bicyclic) bond motifs is 1. The van der Waals surface area contributed by atoms with Crippen LogP contribution in [0.3, 0.4) is 0 Å². The first-order valence-electron chi connectivity index (χ1n) is 8.02. The molecule has 118 valence electrons. The Morgan fingerprint density at radius 1 is 0.875 bits per heavy atom. The van der Waals surface area contributed by atoms with E-state index in [9.17, 15) is 0 Å². The van der Waals surface area contributed by atoms with Crippen molar-refractivity contribution in [1.29, 1.82) is 0 Å². The van der Waals surface area contributed by atoms with Crippen molar-refractivity contribution in [2.24, 2.45) is 0 Å². The molecule has 0 atom stereocenters. The number of para-hydroxylation sites is 1. The quantitative estimate of drug-likeness (QED) is 0.570. The molecular weight excluding hydrogens is 296 g/mol. The van der Waals surface area contributed by atoms with Crippen LogP contribution in [-0.4, -0.2) is 19.7 Å². The normalized spacial score (nSPS) is 11.1. The molecule has 24 heavy (non-hydrogen) atoms. The zero-order valence-corrected chi connectivity index (χ0v) is 13.8. The van der Waals surface area contributed by atoms with E-state index >= 15 is 0 Å². The summed E-state index contributed by atoms with van der Waals surface area (Å²) in [6, 6.07) is 18.7. The van der Waals surface area contributed by atoms with E-state index in [-0.39, 0.29) is 0 Å². The van der Waals surface area contributed by atoms with Gasteiger partial charge in [0.25, 0.3) is 0 Å². The van der Waals surface area contributed by atoms with Gasteiger partial charge >= 0.3 is 0 Å². The van der Waals surface area contributed by atoms with Gasteiger partial charge in [0.2, 0.25) is 0 Å². The molecule has 0 unspecified atom stereocenters. The highest BCUT2D eigenvalue weighted by atomic mass is 15.3. The fraction of sp³-hybridized carbons (Fsp3) is 0.150. The van der Waals surface area contributed by atoms with E-state index in [1.807, 2.05) is 36.7 Å². The SMILES string of the molecule is Cc1cnc(C)c(-c2nn(Cc3ccccc3)c3ccccc23)n1. The van der Waals surface area contributed by atoms with Gasteiger partial charge in [0, 0.05) is 11.6 Å². The number of aromatic nitrogens is 4. The molecule has 0 saturated carbocycles. The van der Waals surface area contributed by atoms with Gasteiger partial charge in [-0.05, 0) is 25.5 Å². The molecule has 0 fully saturated rings. The van der Waals surface area contributed by atoms with Gasteiger partial charge in [0.05, 0.1) is 23.4 Å². The van der Waals surface area contributed by atoms with Crippen LogP contribution in [0.4, 0.5) is 0 Å². The predicted molar refractivity (Wildman–Crippen MR) is 95.8 cm³/mol. The van der Waals surface area contributed by atoms with Gasteiger partial charge in [-0.15, -0.1) is 0 Å².